The highest BCUT2D eigenvalue weighted by Crippen LogP contribution is 2.20. The van der Waals surface area contributed by atoms with Crippen LogP contribution in [0.5, 0.6) is 0 Å². The van der Waals surface area contributed by atoms with Gasteiger partial charge in [-0.25, -0.2) is 4.79 Å². The van der Waals surface area contributed by atoms with Gasteiger partial charge >= 0.3 is 5.97 Å². The van der Waals surface area contributed by atoms with E-state index in [9.17, 15) is 10.1 Å². The zero-order valence-corrected chi connectivity index (χ0v) is 12.5. The number of fused-ring (bicyclic) bond motifs is 1. The third-order valence-corrected chi connectivity index (χ3v) is 5.10. The molecule has 0 aliphatic heterocycles. The fourth-order valence-electron chi connectivity index (χ4n) is 2.38. The van der Waals surface area contributed by atoms with Gasteiger partial charge in [-0.1, -0.05) is 25.7 Å². The van der Waals surface area contributed by atoms with E-state index in [0.717, 1.165) is 10.7 Å². The highest BCUT2D eigenvalue weighted by molar-refractivity contribution is 6.91. The van der Waals surface area contributed by atoms with Crippen molar-refractivity contribution in [1.29, 1.82) is 5.26 Å². The molecule has 0 aromatic carbocycles. The Bertz CT molecular complexity index is 690. The number of aromatic nitrogens is 1. The summed E-state index contributed by atoms with van der Waals surface area (Å²) in [6.07, 6.45) is 1.81. The Kier molecular flexibility index (Phi) is 3.21. The molecule has 0 N–H and O–H groups in total. The Balaban J connectivity index is 2.99. The SMILES string of the molecule is COC(=O)c1c([Si](C)(C)C)c2ccccn2c1C#N. The van der Waals surface area contributed by atoms with Crippen molar-refractivity contribution in [2.45, 2.75) is 19.6 Å². The third-order valence-electron chi connectivity index (χ3n) is 3.09. The topological polar surface area (TPSA) is 54.5 Å². The number of hydrogen-bond donors (Lipinski definition) is 0. The van der Waals surface area contributed by atoms with Gasteiger partial charge in [-0.05, 0) is 17.3 Å². The first-order valence-electron chi connectivity index (χ1n) is 6.03. The number of nitriles is 1. The fourth-order valence-corrected chi connectivity index (χ4v) is 4.32. The molecule has 2 aromatic rings. The maximum absolute atomic E-state index is 12.1. The van der Waals surface area contributed by atoms with E-state index in [1.54, 1.807) is 4.40 Å². The second kappa shape index (κ2) is 4.56. The molecule has 0 saturated heterocycles. The number of pyridine rings is 1. The summed E-state index contributed by atoms with van der Waals surface area (Å²) in [6, 6.07) is 7.84. The fraction of sp³-hybridized carbons (Fsp3) is 0.286. The van der Waals surface area contributed by atoms with Gasteiger partial charge in [0.2, 0.25) is 0 Å². The Hall–Kier alpha value is -2.06. The summed E-state index contributed by atoms with van der Waals surface area (Å²) < 4.78 is 6.64. The number of hydrogen-bond acceptors (Lipinski definition) is 3. The Morgan fingerprint density at radius 2 is 2.05 bits per heavy atom. The number of rotatable bonds is 2. The van der Waals surface area contributed by atoms with Gasteiger partial charge in [0.1, 0.15) is 11.8 Å². The number of methoxy groups -OCH3 is 1. The van der Waals surface area contributed by atoms with Crippen molar-refractivity contribution in [3.05, 3.63) is 35.7 Å². The maximum Gasteiger partial charge on any atom is 0.340 e. The van der Waals surface area contributed by atoms with E-state index in [1.807, 2.05) is 24.4 Å². The van der Waals surface area contributed by atoms with Crippen molar-refractivity contribution in [1.82, 2.24) is 4.40 Å². The molecule has 19 heavy (non-hydrogen) atoms. The van der Waals surface area contributed by atoms with Crippen molar-refractivity contribution in [2.75, 3.05) is 7.11 Å². The lowest BCUT2D eigenvalue weighted by Crippen LogP contribution is -2.41. The van der Waals surface area contributed by atoms with E-state index < -0.39 is 14.0 Å². The first kappa shape index (κ1) is 13.4. The molecule has 2 rings (SSSR count). The smallest absolute Gasteiger partial charge is 0.340 e. The Labute approximate surface area is 113 Å². The van der Waals surface area contributed by atoms with Crippen molar-refractivity contribution in [3.8, 4) is 6.07 Å². The van der Waals surface area contributed by atoms with E-state index in [0.29, 0.717) is 11.3 Å². The molecule has 0 aliphatic rings. The van der Waals surface area contributed by atoms with Crippen molar-refractivity contribution in [2.24, 2.45) is 0 Å². The predicted molar refractivity (Wildman–Crippen MR) is 76.4 cm³/mol. The summed E-state index contributed by atoms with van der Waals surface area (Å²) >= 11 is 0. The Morgan fingerprint density at radius 1 is 1.37 bits per heavy atom. The maximum atomic E-state index is 12.1. The molecule has 4 nitrogen and oxygen atoms in total. The van der Waals surface area contributed by atoms with Gasteiger partial charge < -0.3 is 9.14 Å². The minimum atomic E-state index is -1.79. The number of ether oxygens (including phenoxy) is 1. The van der Waals surface area contributed by atoms with E-state index >= 15 is 0 Å². The first-order valence-corrected chi connectivity index (χ1v) is 9.53. The minimum absolute atomic E-state index is 0.361. The zero-order valence-electron chi connectivity index (χ0n) is 11.5. The van der Waals surface area contributed by atoms with E-state index in [4.69, 9.17) is 4.74 Å². The lowest BCUT2D eigenvalue weighted by Gasteiger charge is -2.17. The van der Waals surface area contributed by atoms with Gasteiger partial charge in [0, 0.05) is 11.7 Å². The summed E-state index contributed by atoms with van der Waals surface area (Å²) in [4.78, 5) is 12.1. The van der Waals surface area contributed by atoms with Crippen LogP contribution in [-0.2, 0) is 4.74 Å². The summed E-state index contributed by atoms with van der Waals surface area (Å²) in [7, 11) is -0.443. The lowest BCUT2D eigenvalue weighted by atomic mass is 10.2. The van der Waals surface area contributed by atoms with Crippen LogP contribution in [0.4, 0.5) is 0 Å². The molecule has 0 saturated carbocycles. The monoisotopic (exact) mass is 272 g/mol. The number of carbonyl (C=O) groups is 1. The molecule has 0 aliphatic carbocycles. The molecule has 5 heteroatoms. The molecule has 2 aromatic heterocycles. The highest BCUT2D eigenvalue weighted by atomic mass is 28.3. The average molecular weight is 272 g/mol. The summed E-state index contributed by atoms with van der Waals surface area (Å²) in [5, 5.41) is 10.4. The van der Waals surface area contributed by atoms with Gasteiger partial charge in [0.05, 0.1) is 20.7 Å². The van der Waals surface area contributed by atoms with Gasteiger partial charge in [-0.3, -0.25) is 0 Å². The average Bonchev–Trinajstić information content (AvgIpc) is 2.71. The van der Waals surface area contributed by atoms with Gasteiger partial charge in [0.25, 0.3) is 0 Å². The van der Waals surface area contributed by atoms with Crippen LogP contribution in [0.3, 0.4) is 0 Å². The quantitative estimate of drug-likeness (QED) is 0.621. The van der Waals surface area contributed by atoms with Crippen LogP contribution >= 0.6 is 0 Å². The molecule has 0 radical (unpaired) electrons. The number of carbonyl (C=O) groups excluding carboxylic acids is 1. The van der Waals surface area contributed by atoms with Crippen molar-refractivity contribution >= 4 is 24.7 Å². The van der Waals surface area contributed by atoms with Crippen LogP contribution < -0.4 is 5.19 Å². The van der Waals surface area contributed by atoms with E-state index in [-0.39, 0.29) is 0 Å². The van der Waals surface area contributed by atoms with E-state index in [2.05, 4.69) is 25.7 Å². The van der Waals surface area contributed by atoms with Crippen LogP contribution in [0.1, 0.15) is 16.1 Å². The first-order chi connectivity index (χ1) is 8.91. The molecule has 2 heterocycles. The predicted octanol–water partition coefficient (Wildman–Crippen LogP) is 2.14. The molecule has 0 atom stereocenters. The van der Waals surface area contributed by atoms with Gasteiger partial charge in [0.15, 0.2) is 0 Å². The molecular formula is C14H16N2O2Si. The normalized spacial score (nSPS) is 11.3. The summed E-state index contributed by atoms with van der Waals surface area (Å²) in [6.45, 7) is 6.47. The van der Waals surface area contributed by atoms with Crippen LogP contribution in [0.2, 0.25) is 19.6 Å². The summed E-state index contributed by atoms with van der Waals surface area (Å²) in [5.74, 6) is -0.433. The Morgan fingerprint density at radius 3 is 2.58 bits per heavy atom. The third kappa shape index (κ3) is 2.04. The van der Waals surface area contributed by atoms with Crippen molar-refractivity contribution < 1.29 is 9.53 Å². The van der Waals surface area contributed by atoms with Crippen molar-refractivity contribution in [3.63, 3.8) is 0 Å². The molecular weight excluding hydrogens is 256 g/mol. The zero-order chi connectivity index (χ0) is 14.2. The molecule has 0 bridgehead atoms. The molecule has 0 amide bonds. The molecule has 0 fully saturated rings. The molecule has 0 spiro atoms. The van der Waals surface area contributed by atoms with E-state index in [1.165, 1.54) is 7.11 Å². The largest absolute Gasteiger partial charge is 0.465 e. The van der Waals surface area contributed by atoms with Gasteiger partial charge in [-0.2, -0.15) is 5.26 Å². The number of esters is 1. The highest BCUT2D eigenvalue weighted by Gasteiger charge is 2.32. The van der Waals surface area contributed by atoms with Crippen LogP contribution in [-0.4, -0.2) is 25.6 Å². The molecule has 98 valence electrons. The second-order valence-corrected chi connectivity index (χ2v) is 10.4. The van der Waals surface area contributed by atoms with Crippen LogP contribution in [0.25, 0.3) is 5.52 Å². The second-order valence-electron chi connectivity index (χ2n) is 5.41. The van der Waals surface area contributed by atoms with Crippen LogP contribution in [0.15, 0.2) is 24.4 Å². The minimum Gasteiger partial charge on any atom is -0.465 e. The van der Waals surface area contributed by atoms with Crippen LogP contribution in [0, 0.1) is 11.3 Å². The summed E-state index contributed by atoms with van der Waals surface area (Å²) in [5.41, 5.74) is 1.72. The van der Waals surface area contributed by atoms with Gasteiger partial charge in [-0.15, -0.1) is 0 Å². The number of nitrogens with zero attached hydrogens (tertiary/aromatic N) is 2. The standard InChI is InChI=1S/C14H16N2O2Si/c1-18-14(17)12-11(9-15)16-8-6-5-7-10(16)13(12)19(2,3)4/h5-8H,1-4H3. The molecule has 0 unspecified atom stereocenters. The lowest BCUT2D eigenvalue weighted by molar-refractivity contribution is 0.0602.